The van der Waals surface area contributed by atoms with Gasteiger partial charge in [0, 0.05) is 36.1 Å². The summed E-state index contributed by atoms with van der Waals surface area (Å²) in [5.74, 6) is -0.727. The van der Waals surface area contributed by atoms with Crippen LogP contribution in [0.25, 0.3) is 11.1 Å². The molecule has 1 aliphatic carbocycles. The molecule has 0 saturated heterocycles. The van der Waals surface area contributed by atoms with Crippen LogP contribution in [-0.4, -0.2) is 46.9 Å². The molecule has 3 aromatic carbocycles. The number of hydrogen-bond acceptors (Lipinski definition) is 9. The van der Waals surface area contributed by atoms with Gasteiger partial charge < -0.3 is 24.4 Å². The van der Waals surface area contributed by atoms with Gasteiger partial charge in [-0.05, 0) is 52.8 Å². The number of aliphatic hydroxyl groups excluding tert-OH is 1. The number of carboxylic acids is 1. The molecule has 0 fully saturated rings. The largest absolute Gasteiger partial charge is 0.488 e. The molecule has 1 aromatic heterocycles. The molecule has 5 rings (SSSR count). The van der Waals surface area contributed by atoms with Crippen molar-refractivity contribution >= 4 is 23.5 Å². The number of methoxy groups -OCH3 is 1. The van der Waals surface area contributed by atoms with Crippen LogP contribution in [0.4, 0.5) is 0 Å². The quantitative estimate of drug-likeness (QED) is 0.167. The maximum absolute atomic E-state index is 12.1. The van der Waals surface area contributed by atoms with Crippen LogP contribution in [0.2, 0.25) is 5.02 Å². The van der Waals surface area contributed by atoms with Crippen LogP contribution in [0.3, 0.4) is 0 Å². The van der Waals surface area contributed by atoms with Crippen molar-refractivity contribution in [3.8, 4) is 28.7 Å². The predicted molar refractivity (Wildman–Crippen MR) is 169 cm³/mol. The number of aliphatic hydroxyl groups is 1. The number of nitrogens with one attached hydrogen (secondary N) is 1. The van der Waals surface area contributed by atoms with E-state index in [0.29, 0.717) is 39.6 Å². The molecular weight excluding hydrogens is 610 g/mol. The lowest BCUT2D eigenvalue weighted by molar-refractivity contribution is -0.141. The zero-order valence-corrected chi connectivity index (χ0v) is 25.8. The van der Waals surface area contributed by atoms with E-state index < -0.39 is 18.6 Å². The summed E-state index contributed by atoms with van der Waals surface area (Å²) < 4.78 is 17.6. The lowest BCUT2D eigenvalue weighted by atomic mass is 9.92. The van der Waals surface area contributed by atoms with Gasteiger partial charge in [-0.15, -0.1) is 0 Å². The first-order chi connectivity index (χ1) is 22.3. The zero-order valence-electron chi connectivity index (χ0n) is 25.0. The number of aliphatic carboxylic acids is 1. The molecule has 3 N–H and O–H groups in total. The second kappa shape index (κ2) is 14.9. The van der Waals surface area contributed by atoms with Crippen molar-refractivity contribution in [2.24, 2.45) is 0 Å². The fourth-order valence-corrected chi connectivity index (χ4v) is 5.73. The fraction of sp³-hybridized carbons (Fsp3) is 0.257. The van der Waals surface area contributed by atoms with Crippen molar-refractivity contribution in [1.29, 1.82) is 5.26 Å². The average Bonchev–Trinajstić information content (AvgIpc) is 3.48. The third-order valence-electron chi connectivity index (χ3n) is 7.81. The van der Waals surface area contributed by atoms with E-state index in [1.54, 1.807) is 24.4 Å². The zero-order chi connectivity index (χ0) is 32.6. The smallest absolute Gasteiger partial charge is 0.323 e. The van der Waals surface area contributed by atoms with Gasteiger partial charge in [-0.2, -0.15) is 5.26 Å². The van der Waals surface area contributed by atoms with Crippen molar-refractivity contribution in [2.45, 2.75) is 44.6 Å². The fourth-order valence-electron chi connectivity index (χ4n) is 5.50. The Hall–Kier alpha value is -4.95. The number of aromatic nitrogens is 1. The molecule has 0 radical (unpaired) electrons. The number of halogens is 1. The highest BCUT2D eigenvalue weighted by Gasteiger charge is 2.28. The van der Waals surface area contributed by atoms with Gasteiger partial charge >= 0.3 is 11.9 Å². The molecule has 0 unspecified atom stereocenters. The molecule has 0 bridgehead atoms. The van der Waals surface area contributed by atoms with E-state index >= 15 is 0 Å². The van der Waals surface area contributed by atoms with Crippen LogP contribution in [0, 0.1) is 11.3 Å². The maximum atomic E-state index is 12.1. The lowest BCUT2D eigenvalue weighted by Gasteiger charge is -2.20. The number of pyridine rings is 1. The van der Waals surface area contributed by atoms with Crippen molar-refractivity contribution in [3.05, 3.63) is 111 Å². The van der Waals surface area contributed by atoms with Gasteiger partial charge in [-0.25, -0.2) is 0 Å². The summed E-state index contributed by atoms with van der Waals surface area (Å²) in [7, 11) is 1.38. The number of hydrogen-bond donors (Lipinski definition) is 3. The number of carbonyl (C=O) groups is 2. The number of carboxylic acid groups (broad SMARTS) is 1. The number of carbonyl (C=O) groups excluding carboxylic acids is 1. The summed E-state index contributed by atoms with van der Waals surface area (Å²) >= 11 is 6.72. The molecule has 0 aliphatic heterocycles. The normalized spacial score (nSPS) is 14.2. The molecule has 1 heterocycles. The molecule has 0 amide bonds. The molecule has 1 aliphatic rings. The van der Waals surface area contributed by atoms with Crippen LogP contribution in [0.15, 0.2) is 73.1 Å². The summed E-state index contributed by atoms with van der Waals surface area (Å²) in [6.07, 6.45) is 4.36. The van der Waals surface area contributed by atoms with Gasteiger partial charge in [-0.3, -0.25) is 19.9 Å². The van der Waals surface area contributed by atoms with Crippen molar-refractivity contribution < 1.29 is 34.0 Å². The molecular formula is C35H32ClN3O7. The number of benzene rings is 3. The standard InChI is InChI=1S/C35H32ClN3O7/c1-44-34(41)13-23-5-2-3-6-25(23)26-7-4-8-28-27(26)9-10-31(28)46-33-14-32(45-20-22-11-21(15-37)16-38-17-22)24(12-29(33)36)18-39-30(19-40)35(42)43/h2-8,11-12,14,16-17,30-31,39-40H,9-10,13,18-20H2,1H3,(H,42,43)/t30-,31-/m0/s1. The van der Waals surface area contributed by atoms with Crippen LogP contribution < -0.4 is 14.8 Å². The van der Waals surface area contributed by atoms with Crippen molar-refractivity contribution in [3.63, 3.8) is 0 Å². The first-order valence-electron chi connectivity index (χ1n) is 14.6. The van der Waals surface area contributed by atoms with Crippen molar-refractivity contribution in [1.82, 2.24) is 10.3 Å². The second-order valence-corrected chi connectivity index (χ2v) is 11.2. The number of ether oxygens (including phenoxy) is 3. The van der Waals surface area contributed by atoms with Crippen LogP contribution in [-0.2, 0) is 40.3 Å². The summed E-state index contributed by atoms with van der Waals surface area (Å²) in [4.78, 5) is 27.6. The number of rotatable bonds is 13. The third kappa shape index (κ3) is 7.46. The van der Waals surface area contributed by atoms with Gasteiger partial charge in [0.1, 0.15) is 36.3 Å². The van der Waals surface area contributed by atoms with Gasteiger partial charge in [0.2, 0.25) is 0 Å². The Morgan fingerprint density at radius 3 is 2.65 bits per heavy atom. The number of nitriles is 1. The van der Waals surface area contributed by atoms with E-state index in [0.717, 1.165) is 34.2 Å². The lowest BCUT2D eigenvalue weighted by Crippen LogP contribution is -2.39. The topological polar surface area (TPSA) is 151 Å². The summed E-state index contributed by atoms with van der Waals surface area (Å²) in [6.45, 7) is -0.465. The summed E-state index contributed by atoms with van der Waals surface area (Å²) in [5.41, 5.74) is 6.63. The Bertz CT molecular complexity index is 1790. The summed E-state index contributed by atoms with van der Waals surface area (Å²) in [6, 6.07) is 19.7. The highest BCUT2D eigenvalue weighted by atomic mass is 35.5. The SMILES string of the molecule is COC(=O)Cc1ccccc1-c1cccc2c1CC[C@@H]2Oc1cc(OCc2cncc(C#N)c2)c(CN[C@@H](CO)C(=O)O)cc1Cl. The average molecular weight is 642 g/mol. The van der Waals surface area contributed by atoms with Crippen LogP contribution >= 0.6 is 11.6 Å². The minimum absolute atomic E-state index is 0.0456. The molecule has 236 valence electrons. The van der Waals surface area contributed by atoms with Crippen molar-refractivity contribution in [2.75, 3.05) is 13.7 Å². The van der Waals surface area contributed by atoms with Crippen LogP contribution in [0.5, 0.6) is 11.5 Å². The molecule has 46 heavy (non-hydrogen) atoms. The van der Waals surface area contributed by atoms with E-state index in [2.05, 4.69) is 16.4 Å². The monoisotopic (exact) mass is 641 g/mol. The first kappa shape index (κ1) is 32.4. The molecule has 10 nitrogen and oxygen atoms in total. The Morgan fingerprint density at radius 2 is 1.89 bits per heavy atom. The minimum Gasteiger partial charge on any atom is -0.488 e. The van der Waals surface area contributed by atoms with Gasteiger partial charge in [-0.1, -0.05) is 54.1 Å². The Labute approximate surface area is 271 Å². The molecule has 11 heteroatoms. The van der Waals surface area contributed by atoms with Crippen LogP contribution in [0.1, 0.15) is 45.9 Å². The Morgan fingerprint density at radius 1 is 1.09 bits per heavy atom. The predicted octanol–water partition coefficient (Wildman–Crippen LogP) is 5.17. The molecule has 2 atom stereocenters. The van der Waals surface area contributed by atoms with E-state index in [-0.39, 0.29) is 31.6 Å². The third-order valence-corrected chi connectivity index (χ3v) is 8.10. The van der Waals surface area contributed by atoms with E-state index in [4.69, 9.17) is 25.8 Å². The summed E-state index contributed by atoms with van der Waals surface area (Å²) in [5, 5.41) is 31.2. The minimum atomic E-state index is -1.19. The molecule has 0 spiro atoms. The van der Waals surface area contributed by atoms with E-state index in [1.807, 2.05) is 42.5 Å². The molecule has 4 aromatic rings. The highest BCUT2D eigenvalue weighted by Crippen LogP contribution is 2.43. The van der Waals surface area contributed by atoms with Gasteiger partial charge in [0.25, 0.3) is 0 Å². The number of nitrogens with zero attached hydrogens (tertiary/aromatic N) is 2. The number of fused-ring (bicyclic) bond motifs is 1. The first-order valence-corrected chi connectivity index (χ1v) is 15.0. The molecule has 0 saturated carbocycles. The highest BCUT2D eigenvalue weighted by molar-refractivity contribution is 6.32. The van der Waals surface area contributed by atoms with Gasteiger partial charge in [0.05, 0.1) is 30.7 Å². The van der Waals surface area contributed by atoms with Gasteiger partial charge in [0.15, 0.2) is 0 Å². The van der Waals surface area contributed by atoms with E-state index in [9.17, 15) is 25.1 Å². The number of esters is 1. The second-order valence-electron chi connectivity index (χ2n) is 10.8. The Kier molecular flexibility index (Phi) is 10.5. The maximum Gasteiger partial charge on any atom is 0.323 e. The van der Waals surface area contributed by atoms with E-state index in [1.165, 1.54) is 13.3 Å². The Balaban J connectivity index is 1.43.